The predicted octanol–water partition coefficient (Wildman–Crippen LogP) is 3.54. The van der Waals surface area contributed by atoms with Gasteiger partial charge >= 0.3 is 0 Å². The largest absolute Gasteiger partial charge is 0.300 e. The van der Waals surface area contributed by atoms with Gasteiger partial charge in [0.15, 0.2) is 5.82 Å². The molecule has 5 nitrogen and oxygen atoms in total. The molecule has 5 heteroatoms. The summed E-state index contributed by atoms with van der Waals surface area (Å²) in [5.41, 5.74) is 2.39. The van der Waals surface area contributed by atoms with Gasteiger partial charge in [-0.05, 0) is 69.8 Å². The van der Waals surface area contributed by atoms with Crippen molar-refractivity contribution in [3.05, 3.63) is 53.7 Å². The van der Waals surface area contributed by atoms with Gasteiger partial charge in [0.2, 0.25) is 5.91 Å². The Kier molecular flexibility index (Phi) is 4.50. The first-order valence-electron chi connectivity index (χ1n) is 9.78. The smallest absolute Gasteiger partial charge is 0.228 e. The summed E-state index contributed by atoms with van der Waals surface area (Å²) in [5.74, 6) is 0.875. The number of aromatic nitrogens is 2. The lowest BCUT2D eigenvalue weighted by Crippen LogP contribution is -2.47. The molecule has 0 unspecified atom stereocenters. The van der Waals surface area contributed by atoms with E-state index in [1.165, 1.54) is 5.56 Å². The van der Waals surface area contributed by atoms with Gasteiger partial charge in [0.25, 0.3) is 0 Å². The lowest BCUT2D eigenvalue weighted by Gasteiger charge is -2.48. The van der Waals surface area contributed by atoms with Crippen molar-refractivity contribution in [3.63, 3.8) is 0 Å². The molecular formula is C22H28N4O. The molecule has 1 amide bonds. The van der Waals surface area contributed by atoms with Gasteiger partial charge in [-0.2, -0.15) is 5.10 Å². The van der Waals surface area contributed by atoms with Crippen LogP contribution in [0.2, 0.25) is 0 Å². The number of rotatable bonds is 3. The molecule has 1 aliphatic heterocycles. The maximum absolute atomic E-state index is 12.7. The molecule has 1 aromatic carbocycles. The second-order valence-electron chi connectivity index (χ2n) is 8.48. The SMILES string of the molecule is Cc1ccc(N2C[C@]3(CC[C@](c4ccccc4)(N(C)C)CC3)CC2=O)nn1. The zero-order chi connectivity index (χ0) is 19.1. The minimum absolute atomic E-state index is 0.0621. The molecule has 142 valence electrons. The minimum Gasteiger partial charge on any atom is -0.300 e. The molecule has 2 aromatic rings. The average Bonchev–Trinajstić information content (AvgIpc) is 3.00. The number of anilines is 1. The van der Waals surface area contributed by atoms with Crippen molar-refractivity contribution in [2.75, 3.05) is 25.5 Å². The van der Waals surface area contributed by atoms with Gasteiger partial charge in [0, 0.05) is 18.5 Å². The summed E-state index contributed by atoms with van der Waals surface area (Å²) < 4.78 is 0. The third-order valence-electron chi connectivity index (χ3n) is 6.69. The Hall–Kier alpha value is -2.27. The summed E-state index contributed by atoms with van der Waals surface area (Å²) in [4.78, 5) is 17.0. The van der Waals surface area contributed by atoms with Crippen LogP contribution in [0.25, 0.3) is 0 Å². The molecule has 2 fully saturated rings. The highest BCUT2D eigenvalue weighted by Crippen LogP contribution is 2.52. The Labute approximate surface area is 161 Å². The van der Waals surface area contributed by atoms with Crippen molar-refractivity contribution in [1.29, 1.82) is 0 Å². The minimum atomic E-state index is 0.0621. The highest BCUT2D eigenvalue weighted by molar-refractivity contribution is 5.95. The Bertz CT molecular complexity index is 808. The van der Waals surface area contributed by atoms with E-state index in [2.05, 4.69) is 59.5 Å². The van der Waals surface area contributed by atoms with Crippen LogP contribution in [0.3, 0.4) is 0 Å². The van der Waals surface area contributed by atoms with E-state index in [-0.39, 0.29) is 16.9 Å². The summed E-state index contributed by atoms with van der Waals surface area (Å²) in [6, 6.07) is 14.7. The first-order valence-corrected chi connectivity index (χ1v) is 9.78. The Balaban J connectivity index is 1.54. The van der Waals surface area contributed by atoms with Gasteiger partial charge in [0.05, 0.1) is 5.69 Å². The van der Waals surface area contributed by atoms with Crippen LogP contribution in [0.1, 0.15) is 43.4 Å². The van der Waals surface area contributed by atoms with Crippen molar-refractivity contribution < 1.29 is 4.79 Å². The van der Waals surface area contributed by atoms with Crippen LogP contribution in [0, 0.1) is 12.3 Å². The molecule has 2 heterocycles. The third kappa shape index (κ3) is 3.14. The van der Waals surface area contributed by atoms with E-state index in [1.807, 2.05) is 24.0 Å². The van der Waals surface area contributed by atoms with Crippen molar-refractivity contribution in [2.45, 2.75) is 44.6 Å². The molecular weight excluding hydrogens is 336 g/mol. The summed E-state index contributed by atoms with van der Waals surface area (Å²) in [5, 5.41) is 8.37. The first-order chi connectivity index (χ1) is 12.9. The fourth-order valence-corrected chi connectivity index (χ4v) is 4.91. The first kappa shape index (κ1) is 18.1. The van der Waals surface area contributed by atoms with Gasteiger partial charge < -0.3 is 0 Å². The number of aryl methyl sites for hydroxylation is 1. The van der Waals surface area contributed by atoms with Crippen LogP contribution >= 0.6 is 0 Å². The van der Waals surface area contributed by atoms with E-state index >= 15 is 0 Å². The van der Waals surface area contributed by atoms with Crippen LogP contribution in [-0.2, 0) is 10.3 Å². The van der Waals surface area contributed by atoms with E-state index in [4.69, 9.17) is 0 Å². The predicted molar refractivity (Wildman–Crippen MR) is 106 cm³/mol. The van der Waals surface area contributed by atoms with Crippen LogP contribution in [-0.4, -0.2) is 41.6 Å². The summed E-state index contributed by atoms with van der Waals surface area (Å²) in [6.07, 6.45) is 4.89. The number of amides is 1. The topological polar surface area (TPSA) is 49.3 Å². The molecule has 4 rings (SSSR count). The van der Waals surface area contributed by atoms with Crippen molar-refractivity contribution in [2.24, 2.45) is 5.41 Å². The van der Waals surface area contributed by atoms with E-state index in [0.29, 0.717) is 12.2 Å². The summed E-state index contributed by atoms with van der Waals surface area (Å²) in [7, 11) is 4.36. The number of hydrogen-bond donors (Lipinski definition) is 0. The van der Waals surface area contributed by atoms with Crippen molar-refractivity contribution in [3.8, 4) is 0 Å². The number of nitrogens with zero attached hydrogens (tertiary/aromatic N) is 4. The number of hydrogen-bond acceptors (Lipinski definition) is 4. The maximum Gasteiger partial charge on any atom is 0.228 e. The molecule has 0 atom stereocenters. The van der Waals surface area contributed by atoms with Crippen LogP contribution in [0.15, 0.2) is 42.5 Å². The van der Waals surface area contributed by atoms with E-state index in [9.17, 15) is 4.79 Å². The molecule has 1 aromatic heterocycles. The normalized spacial score (nSPS) is 28.3. The molecule has 1 saturated carbocycles. The summed E-state index contributed by atoms with van der Waals surface area (Å²) in [6.45, 7) is 2.68. The van der Waals surface area contributed by atoms with Crippen molar-refractivity contribution >= 4 is 11.7 Å². The average molecular weight is 364 g/mol. The molecule has 1 saturated heterocycles. The van der Waals surface area contributed by atoms with Crippen LogP contribution < -0.4 is 4.90 Å². The van der Waals surface area contributed by atoms with Gasteiger partial charge in [-0.3, -0.25) is 14.6 Å². The van der Waals surface area contributed by atoms with Gasteiger partial charge in [-0.25, -0.2) is 0 Å². The van der Waals surface area contributed by atoms with E-state index < -0.39 is 0 Å². The number of carbonyl (C=O) groups excluding carboxylic acids is 1. The Morgan fingerprint density at radius 3 is 2.26 bits per heavy atom. The third-order valence-corrected chi connectivity index (χ3v) is 6.69. The van der Waals surface area contributed by atoms with Gasteiger partial charge in [-0.15, -0.1) is 5.10 Å². The van der Waals surface area contributed by atoms with Crippen LogP contribution in [0.5, 0.6) is 0 Å². The lowest BCUT2D eigenvalue weighted by atomic mass is 9.64. The second-order valence-corrected chi connectivity index (χ2v) is 8.48. The van der Waals surface area contributed by atoms with Gasteiger partial charge in [-0.1, -0.05) is 30.3 Å². The van der Waals surface area contributed by atoms with E-state index in [0.717, 1.165) is 37.9 Å². The Morgan fingerprint density at radius 1 is 0.963 bits per heavy atom. The maximum atomic E-state index is 12.7. The molecule has 0 radical (unpaired) electrons. The Morgan fingerprint density at radius 2 is 1.67 bits per heavy atom. The second kappa shape index (κ2) is 6.71. The zero-order valence-electron chi connectivity index (χ0n) is 16.5. The fourth-order valence-electron chi connectivity index (χ4n) is 4.91. The van der Waals surface area contributed by atoms with E-state index in [1.54, 1.807) is 0 Å². The van der Waals surface area contributed by atoms with Crippen molar-refractivity contribution in [1.82, 2.24) is 15.1 Å². The molecule has 1 aliphatic carbocycles. The highest BCUT2D eigenvalue weighted by atomic mass is 16.2. The quantitative estimate of drug-likeness (QED) is 0.836. The number of benzene rings is 1. The monoisotopic (exact) mass is 364 g/mol. The molecule has 2 aliphatic rings. The van der Waals surface area contributed by atoms with Gasteiger partial charge in [0.1, 0.15) is 0 Å². The zero-order valence-corrected chi connectivity index (χ0v) is 16.5. The molecule has 0 bridgehead atoms. The number of carbonyl (C=O) groups is 1. The summed E-state index contributed by atoms with van der Waals surface area (Å²) >= 11 is 0. The lowest BCUT2D eigenvalue weighted by molar-refractivity contribution is -0.118. The molecule has 0 N–H and O–H groups in total. The molecule has 1 spiro atoms. The fraction of sp³-hybridized carbons (Fsp3) is 0.500. The molecule has 27 heavy (non-hydrogen) atoms. The highest BCUT2D eigenvalue weighted by Gasteiger charge is 2.50. The van der Waals surface area contributed by atoms with Crippen LogP contribution in [0.4, 0.5) is 5.82 Å². The standard InChI is InChI=1S/C22H28N4O/c1-17-9-10-19(24-23-17)26-16-21(15-20(26)27)11-13-22(14-12-21,25(2)3)18-7-5-4-6-8-18/h4-10H,11-16H2,1-3H3/t21-,22-.